The fourth-order valence-corrected chi connectivity index (χ4v) is 2.68. The third-order valence-electron chi connectivity index (χ3n) is 3.75. The van der Waals surface area contributed by atoms with Gasteiger partial charge in [-0.3, -0.25) is 4.68 Å². The smallest absolute Gasteiger partial charge is 0.123 e. The highest BCUT2D eigenvalue weighted by molar-refractivity contribution is 5.40. The van der Waals surface area contributed by atoms with E-state index in [4.69, 9.17) is 4.74 Å². The minimum Gasteiger partial charge on any atom is -0.488 e. The van der Waals surface area contributed by atoms with Crippen molar-refractivity contribution in [1.82, 2.24) is 15.1 Å². The number of aryl methyl sites for hydroxylation is 1. The van der Waals surface area contributed by atoms with E-state index in [0.717, 1.165) is 25.3 Å². The van der Waals surface area contributed by atoms with Gasteiger partial charge in [-0.05, 0) is 18.6 Å². The fourth-order valence-electron chi connectivity index (χ4n) is 2.68. The summed E-state index contributed by atoms with van der Waals surface area (Å²) in [6.45, 7) is 8.08. The van der Waals surface area contributed by atoms with Gasteiger partial charge in [0.1, 0.15) is 11.9 Å². The van der Waals surface area contributed by atoms with E-state index in [-0.39, 0.29) is 6.10 Å². The van der Waals surface area contributed by atoms with Crippen LogP contribution in [0.5, 0.6) is 5.75 Å². The number of aromatic nitrogens is 2. The van der Waals surface area contributed by atoms with Crippen molar-refractivity contribution in [2.45, 2.75) is 52.4 Å². The van der Waals surface area contributed by atoms with E-state index in [1.54, 1.807) is 0 Å². The van der Waals surface area contributed by atoms with Crippen molar-refractivity contribution in [1.29, 1.82) is 0 Å². The molecule has 0 saturated heterocycles. The van der Waals surface area contributed by atoms with Crippen LogP contribution in [-0.4, -0.2) is 21.9 Å². The van der Waals surface area contributed by atoms with Gasteiger partial charge in [0.2, 0.25) is 0 Å². The molecule has 3 rings (SSSR count). The van der Waals surface area contributed by atoms with Crippen LogP contribution in [0.2, 0.25) is 0 Å². The summed E-state index contributed by atoms with van der Waals surface area (Å²) >= 11 is 0. The van der Waals surface area contributed by atoms with E-state index >= 15 is 0 Å². The average molecular weight is 285 g/mol. The summed E-state index contributed by atoms with van der Waals surface area (Å²) in [5.41, 5.74) is 3.82. The molecule has 2 heterocycles. The Morgan fingerprint density at radius 1 is 1.43 bits per heavy atom. The van der Waals surface area contributed by atoms with Crippen molar-refractivity contribution >= 4 is 0 Å². The maximum atomic E-state index is 6.00. The van der Waals surface area contributed by atoms with Crippen molar-refractivity contribution in [2.24, 2.45) is 0 Å². The second-order valence-electron chi connectivity index (χ2n) is 6.16. The van der Waals surface area contributed by atoms with Gasteiger partial charge in [-0.25, -0.2) is 0 Å². The van der Waals surface area contributed by atoms with Crippen LogP contribution in [0.4, 0.5) is 0 Å². The van der Waals surface area contributed by atoms with Gasteiger partial charge in [-0.1, -0.05) is 31.5 Å². The van der Waals surface area contributed by atoms with Crippen LogP contribution >= 0.6 is 0 Å². The van der Waals surface area contributed by atoms with Gasteiger partial charge in [-0.2, -0.15) is 5.10 Å². The summed E-state index contributed by atoms with van der Waals surface area (Å²) in [6, 6.07) is 6.89. The maximum Gasteiger partial charge on any atom is 0.123 e. The van der Waals surface area contributed by atoms with E-state index in [2.05, 4.69) is 55.6 Å². The van der Waals surface area contributed by atoms with Crippen LogP contribution in [0.3, 0.4) is 0 Å². The molecule has 0 spiro atoms. The number of rotatable bonds is 5. The molecule has 0 radical (unpaired) electrons. The molecule has 112 valence electrons. The number of hydrogen-bond donors (Lipinski definition) is 1. The molecule has 1 atom stereocenters. The summed E-state index contributed by atoms with van der Waals surface area (Å²) in [4.78, 5) is 0. The number of benzene rings is 1. The molecule has 0 aliphatic carbocycles. The zero-order valence-corrected chi connectivity index (χ0v) is 13.0. The van der Waals surface area contributed by atoms with Crippen molar-refractivity contribution in [3.8, 4) is 5.75 Å². The molecule has 2 aromatic rings. The van der Waals surface area contributed by atoms with Crippen LogP contribution < -0.4 is 10.1 Å². The predicted molar refractivity (Wildman–Crippen MR) is 83.5 cm³/mol. The molecule has 21 heavy (non-hydrogen) atoms. The standard InChI is InChI=1S/C17H23N3O/c1-12(2)18-8-14-9-19-20(10-14)11-16-7-15-6-13(3)4-5-17(15)21-16/h4-6,9-10,12,16,18H,7-8,11H2,1-3H3. The molecule has 1 N–H and O–H groups in total. The first-order chi connectivity index (χ1) is 10.1. The SMILES string of the molecule is Cc1ccc2c(c1)CC(Cn1cc(CNC(C)C)cn1)O2. The lowest BCUT2D eigenvalue weighted by Crippen LogP contribution is -2.22. The van der Waals surface area contributed by atoms with Gasteiger partial charge in [0.15, 0.2) is 0 Å². The van der Waals surface area contributed by atoms with Gasteiger partial charge in [0.25, 0.3) is 0 Å². The Kier molecular flexibility index (Phi) is 3.97. The molecule has 0 bridgehead atoms. The quantitative estimate of drug-likeness (QED) is 0.918. The van der Waals surface area contributed by atoms with Crippen molar-refractivity contribution in [3.63, 3.8) is 0 Å². The molecule has 1 aliphatic heterocycles. The monoisotopic (exact) mass is 285 g/mol. The van der Waals surface area contributed by atoms with Crippen molar-refractivity contribution in [2.75, 3.05) is 0 Å². The Balaban J connectivity index is 1.59. The summed E-state index contributed by atoms with van der Waals surface area (Å²) in [5.74, 6) is 1.03. The first-order valence-electron chi connectivity index (χ1n) is 7.61. The lowest BCUT2D eigenvalue weighted by Gasteiger charge is -2.10. The van der Waals surface area contributed by atoms with Crippen LogP contribution in [-0.2, 0) is 19.5 Å². The van der Waals surface area contributed by atoms with Gasteiger partial charge < -0.3 is 10.1 Å². The molecule has 0 fully saturated rings. The van der Waals surface area contributed by atoms with Crippen LogP contribution in [0.1, 0.15) is 30.5 Å². The Bertz CT molecular complexity index is 618. The van der Waals surface area contributed by atoms with Crippen molar-refractivity contribution in [3.05, 3.63) is 47.3 Å². The van der Waals surface area contributed by atoms with Crippen molar-refractivity contribution < 1.29 is 4.74 Å². The molecule has 4 heteroatoms. The highest BCUT2D eigenvalue weighted by Crippen LogP contribution is 2.29. The predicted octanol–water partition coefficient (Wildman–Crippen LogP) is 2.69. The molecule has 0 saturated carbocycles. The molecule has 1 aromatic heterocycles. The van der Waals surface area contributed by atoms with E-state index in [1.165, 1.54) is 16.7 Å². The number of fused-ring (bicyclic) bond motifs is 1. The van der Waals surface area contributed by atoms with E-state index in [1.807, 2.05) is 10.9 Å². The highest BCUT2D eigenvalue weighted by Gasteiger charge is 2.23. The Labute approximate surface area is 126 Å². The molecular weight excluding hydrogens is 262 g/mol. The number of ether oxygens (including phenoxy) is 1. The van der Waals surface area contributed by atoms with Crippen LogP contribution in [0.25, 0.3) is 0 Å². The maximum absolute atomic E-state index is 6.00. The minimum absolute atomic E-state index is 0.188. The molecule has 0 amide bonds. The second kappa shape index (κ2) is 5.90. The lowest BCUT2D eigenvalue weighted by molar-refractivity contribution is 0.203. The topological polar surface area (TPSA) is 39.1 Å². The summed E-state index contributed by atoms with van der Waals surface area (Å²) < 4.78 is 7.98. The molecule has 1 unspecified atom stereocenters. The number of nitrogens with zero attached hydrogens (tertiary/aromatic N) is 2. The number of nitrogens with one attached hydrogen (secondary N) is 1. The highest BCUT2D eigenvalue weighted by atomic mass is 16.5. The van der Waals surface area contributed by atoms with E-state index < -0.39 is 0 Å². The third-order valence-corrected chi connectivity index (χ3v) is 3.75. The molecule has 4 nitrogen and oxygen atoms in total. The fraction of sp³-hybridized carbons (Fsp3) is 0.471. The minimum atomic E-state index is 0.188. The zero-order chi connectivity index (χ0) is 14.8. The average Bonchev–Trinajstić information content (AvgIpc) is 3.02. The van der Waals surface area contributed by atoms with Gasteiger partial charge >= 0.3 is 0 Å². The van der Waals surface area contributed by atoms with E-state index in [0.29, 0.717) is 6.04 Å². The van der Waals surface area contributed by atoms with E-state index in [9.17, 15) is 0 Å². The zero-order valence-electron chi connectivity index (χ0n) is 13.0. The lowest BCUT2D eigenvalue weighted by atomic mass is 10.1. The van der Waals surface area contributed by atoms with Gasteiger partial charge in [-0.15, -0.1) is 0 Å². The Morgan fingerprint density at radius 2 is 2.29 bits per heavy atom. The molecule has 1 aliphatic rings. The normalized spacial score (nSPS) is 17.0. The second-order valence-corrected chi connectivity index (χ2v) is 6.16. The first kappa shape index (κ1) is 14.1. The van der Waals surface area contributed by atoms with Gasteiger partial charge in [0, 0.05) is 30.8 Å². The van der Waals surface area contributed by atoms with Crippen LogP contribution in [0, 0.1) is 6.92 Å². The number of hydrogen-bond acceptors (Lipinski definition) is 3. The Morgan fingerprint density at radius 3 is 3.10 bits per heavy atom. The first-order valence-corrected chi connectivity index (χ1v) is 7.61. The molecule has 1 aromatic carbocycles. The third kappa shape index (κ3) is 3.45. The summed E-state index contributed by atoms with van der Waals surface area (Å²) in [5, 5.41) is 7.84. The largest absolute Gasteiger partial charge is 0.488 e. The van der Waals surface area contributed by atoms with Gasteiger partial charge in [0.05, 0.1) is 12.7 Å². The Hall–Kier alpha value is -1.81. The summed E-state index contributed by atoms with van der Waals surface area (Å²) in [7, 11) is 0. The summed E-state index contributed by atoms with van der Waals surface area (Å²) in [6.07, 6.45) is 5.19. The molecular formula is C17H23N3O. The van der Waals surface area contributed by atoms with Crippen LogP contribution in [0.15, 0.2) is 30.6 Å².